The zero-order chi connectivity index (χ0) is 13.2. The molecule has 1 aliphatic heterocycles. The van der Waals surface area contributed by atoms with Crippen molar-refractivity contribution in [1.82, 2.24) is 9.88 Å². The molecule has 3 rings (SSSR count). The number of hydrogen-bond acceptors (Lipinski definition) is 4. The normalized spacial score (nSPS) is 15.4. The number of anilines is 1. The highest BCUT2D eigenvalue weighted by Gasteiger charge is 2.20. The molecule has 4 heteroatoms. The van der Waals surface area contributed by atoms with E-state index in [9.17, 15) is 0 Å². The van der Waals surface area contributed by atoms with Crippen molar-refractivity contribution in [2.24, 2.45) is 0 Å². The van der Waals surface area contributed by atoms with Crippen LogP contribution in [0.3, 0.4) is 0 Å². The van der Waals surface area contributed by atoms with E-state index in [0.29, 0.717) is 0 Å². The summed E-state index contributed by atoms with van der Waals surface area (Å²) in [6.45, 7) is 5.62. The summed E-state index contributed by atoms with van der Waals surface area (Å²) < 4.78 is 0. The molecular weight excluding hydrogens is 254 g/mol. The Kier molecular flexibility index (Phi) is 3.53. The standard InChI is InChI=1S/C15H19N3S/c1-2-7-18-8-6-13-14(10-18)19-15(17-13)11-4-3-5-12(16)9-11/h3-5,9H,2,6-8,10,16H2,1H3. The van der Waals surface area contributed by atoms with Crippen LogP contribution in [-0.2, 0) is 13.0 Å². The summed E-state index contributed by atoms with van der Waals surface area (Å²) in [5.41, 5.74) is 9.08. The smallest absolute Gasteiger partial charge is 0.123 e. The van der Waals surface area contributed by atoms with Gasteiger partial charge < -0.3 is 5.73 Å². The molecule has 1 aromatic heterocycles. The second-order valence-electron chi connectivity index (χ2n) is 5.04. The fourth-order valence-electron chi connectivity index (χ4n) is 2.55. The Morgan fingerprint density at radius 3 is 3.11 bits per heavy atom. The zero-order valence-electron chi connectivity index (χ0n) is 11.2. The van der Waals surface area contributed by atoms with Crippen molar-refractivity contribution < 1.29 is 0 Å². The number of benzene rings is 1. The zero-order valence-corrected chi connectivity index (χ0v) is 12.0. The molecule has 2 aromatic rings. The lowest BCUT2D eigenvalue weighted by Crippen LogP contribution is -2.30. The molecule has 0 amide bonds. The molecule has 1 aromatic carbocycles. The molecule has 1 aliphatic rings. The summed E-state index contributed by atoms with van der Waals surface area (Å²) >= 11 is 1.82. The average Bonchev–Trinajstić information content (AvgIpc) is 2.82. The van der Waals surface area contributed by atoms with Crippen molar-refractivity contribution in [3.05, 3.63) is 34.8 Å². The minimum atomic E-state index is 0.804. The minimum absolute atomic E-state index is 0.804. The van der Waals surface area contributed by atoms with Crippen LogP contribution in [0.2, 0.25) is 0 Å². The maximum Gasteiger partial charge on any atom is 0.123 e. The molecule has 0 bridgehead atoms. The summed E-state index contributed by atoms with van der Waals surface area (Å²) in [6.07, 6.45) is 2.30. The van der Waals surface area contributed by atoms with Gasteiger partial charge in [-0.25, -0.2) is 4.98 Å². The van der Waals surface area contributed by atoms with Crippen LogP contribution in [0.5, 0.6) is 0 Å². The molecule has 0 unspecified atom stereocenters. The summed E-state index contributed by atoms with van der Waals surface area (Å²) in [6, 6.07) is 8.01. The van der Waals surface area contributed by atoms with Crippen LogP contribution >= 0.6 is 11.3 Å². The third-order valence-electron chi connectivity index (χ3n) is 3.48. The number of nitrogens with zero attached hydrogens (tertiary/aromatic N) is 2. The second kappa shape index (κ2) is 5.31. The fourth-order valence-corrected chi connectivity index (χ4v) is 3.70. The van der Waals surface area contributed by atoms with E-state index in [1.165, 1.54) is 23.5 Å². The van der Waals surface area contributed by atoms with Gasteiger partial charge in [-0.15, -0.1) is 11.3 Å². The number of fused-ring (bicyclic) bond motifs is 1. The van der Waals surface area contributed by atoms with Crippen LogP contribution < -0.4 is 5.73 Å². The maximum absolute atomic E-state index is 5.85. The van der Waals surface area contributed by atoms with Gasteiger partial charge in [-0.1, -0.05) is 19.1 Å². The first-order chi connectivity index (χ1) is 9.26. The van der Waals surface area contributed by atoms with Gasteiger partial charge in [0.15, 0.2) is 0 Å². The van der Waals surface area contributed by atoms with Crippen molar-refractivity contribution in [2.45, 2.75) is 26.3 Å². The van der Waals surface area contributed by atoms with E-state index in [1.54, 1.807) is 0 Å². The van der Waals surface area contributed by atoms with Gasteiger partial charge in [0.1, 0.15) is 5.01 Å². The SMILES string of the molecule is CCCN1CCc2nc(-c3cccc(N)c3)sc2C1. The van der Waals surface area contributed by atoms with Crippen molar-refractivity contribution in [3.8, 4) is 10.6 Å². The molecule has 0 atom stereocenters. The maximum atomic E-state index is 5.85. The van der Waals surface area contributed by atoms with Crippen molar-refractivity contribution in [3.63, 3.8) is 0 Å². The highest BCUT2D eigenvalue weighted by molar-refractivity contribution is 7.15. The van der Waals surface area contributed by atoms with E-state index in [-0.39, 0.29) is 0 Å². The van der Waals surface area contributed by atoms with Crippen molar-refractivity contribution in [2.75, 3.05) is 18.8 Å². The van der Waals surface area contributed by atoms with Crippen molar-refractivity contribution in [1.29, 1.82) is 0 Å². The van der Waals surface area contributed by atoms with Gasteiger partial charge >= 0.3 is 0 Å². The summed E-state index contributed by atoms with van der Waals surface area (Å²) in [5.74, 6) is 0. The number of thiazole rings is 1. The van der Waals surface area contributed by atoms with Gasteiger partial charge in [0.25, 0.3) is 0 Å². The van der Waals surface area contributed by atoms with Crippen LogP contribution in [0, 0.1) is 0 Å². The highest BCUT2D eigenvalue weighted by Crippen LogP contribution is 2.32. The summed E-state index contributed by atoms with van der Waals surface area (Å²) in [4.78, 5) is 8.74. The van der Waals surface area contributed by atoms with E-state index in [4.69, 9.17) is 10.7 Å². The van der Waals surface area contributed by atoms with Crippen LogP contribution in [0.25, 0.3) is 10.6 Å². The molecule has 0 spiro atoms. The molecule has 3 nitrogen and oxygen atoms in total. The van der Waals surface area contributed by atoms with E-state index in [1.807, 2.05) is 29.5 Å². The number of hydrogen-bond donors (Lipinski definition) is 1. The van der Waals surface area contributed by atoms with Crippen LogP contribution in [0.1, 0.15) is 23.9 Å². The van der Waals surface area contributed by atoms with Gasteiger partial charge in [0.2, 0.25) is 0 Å². The molecule has 19 heavy (non-hydrogen) atoms. The van der Waals surface area contributed by atoms with Crippen LogP contribution in [-0.4, -0.2) is 23.0 Å². The van der Waals surface area contributed by atoms with Crippen LogP contribution in [0.15, 0.2) is 24.3 Å². The lowest BCUT2D eigenvalue weighted by Gasteiger charge is -2.25. The predicted octanol–water partition coefficient (Wildman–Crippen LogP) is 3.16. The Morgan fingerprint density at radius 1 is 1.42 bits per heavy atom. The Bertz CT molecular complexity index is 577. The molecular formula is C15H19N3S. The quantitative estimate of drug-likeness (QED) is 0.873. The summed E-state index contributed by atoms with van der Waals surface area (Å²) in [7, 11) is 0. The van der Waals surface area contributed by atoms with E-state index in [2.05, 4.69) is 17.9 Å². The van der Waals surface area contributed by atoms with Gasteiger partial charge in [-0.05, 0) is 25.1 Å². The minimum Gasteiger partial charge on any atom is -0.399 e. The molecule has 2 N–H and O–H groups in total. The number of rotatable bonds is 3. The largest absolute Gasteiger partial charge is 0.399 e. The van der Waals surface area contributed by atoms with Crippen molar-refractivity contribution >= 4 is 17.0 Å². The van der Waals surface area contributed by atoms with Gasteiger partial charge in [-0.3, -0.25) is 4.90 Å². The molecule has 0 radical (unpaired) electrons. The highest BCUT2D eigenvalue weighted by atomic mass is 32.1. The van der Waals surface area contributed by atoms with Gasteiger partial charge in [0, 0.05) is 35.6 Å². The Labute approximate surface area is 118 Å². The Hall–Kier alpha value is -1.39. The predicted molar refractivity (Wildman–Crippen MR) is 81.2 cm³/mol. The average molecular weight is 273 g/mol. The monoisotopic (exact) mass is 273 g/mol. The van der Waals surface area contributed by atoms with Gasteiger partial charge in [-0.2, -0.15) is 0 Å². The van der Waals surface area contributed by atoms with Crippen LogP contribution in [0.4, 0.5) is 5.69 Å². The Morgan fingerprint density at radius 2 is 2.32 bits per heavy atom. The number of nitrogens with two attached hydrogens (primary N) is 1. The third-order valence-corrected chi connectivity index (χ3v) is 4.62. The first kappa shape index (κ1) is 12.6. The molecule has 0 fully saturated rings. The molecule has 100 valence electrons. The third kappa shape index (κ3) is 2.65. The molecule has 2 heterocycles. The lowest BCUT2D eigenvalue weighted by molar-refractivity contribution is 0.256. The fraction of sp³-hybridized carbons (Fsp3) is 0.400. The lowest BCUT2D eigenvalue weighted by atomic mass is 10.1. The second-order valence-corrected chi connectivity index (χ2v) is 6.12. The molecule has 0 saturated heterocycles. The van der Waals surface area contributed by atoms with E-state index < -0.39 is 0 Å². The topological polar surface area (TPSA) is 42.2 Å². The van der Waals surface area contributed by atoms with E-state index in [0.717, 1.165) is 35.8 Å². The first-order valence-corrected chi connectivity index (χ1v) is 7.64. The molecule has 0 aliphatic carbocycles. The number of aromatic nitrogens is 1. The van der Waals surface area contributed by atoms with E-state index >= 15 is 0 Å². The van der Waals surface area contributed by atoms with Gasteiger partial charge in [0.05, 0.1) is 5.69 Å². The number of nitrogen functional groups attached to an aromatic ring is 1. The summed E-state index contributed by atoms with van der Waals surface area (Å²) in [5, 5.41) is 1.11. The first-order valence-electron chi connectivity index (χ1n) is 6.83. The Balaban J connectivity index is 1.87. The molecule has 0 saturated carbocycles.